The van der Waals surface area contributed by atoms with Crippen LogP contribution in [-0.4, -0.2) is 114 Å². The van der Waals surface area contributed by atoms with Crippen molar-refractivity contribution in [2.75, 3.05) is 70.5 Å². The Bertz CT molecular complexity index is 1500. The summed E-state index contributed by atoms with van der Waals surface area (Å²) in [6.07, 6.45) is -1.57. The van der Waals surface area contributed by atoms with E-state index in [-0.39, 0.29) is 47.3 Å². The van der Waals surface area contributed by atoms with E-state index in [0.29, 0.717) is 51.6 Å². The summed E-state index contributed by atoms with van der Waals surface area (Å²) >= 11 is 7.73. The third-order valence-corrected chi connectivity index (χ3v) is 11.6. The Morgan fingerprint density at radius 2 is 1.67 bits per heavy atom. The van der Waals surface area contributed by atoms with Crippen LogP contribution in [-0.2, 0) is 28.7 Å². The summed E-state index contributed by atoms with van der Waals surface area (Å²) in [6, 6.07) is 4.50. The molecule has 1 aromatic carbocycles. The average molecular weight is 710 g/mol. The number of piperidine rings is 2. The van der Waals surface area contributed by atoms with Crippen molar-refractivity contribution >= 4 is 52.2 Å². The first-order valence-electron chi connectivity index (χ1n) is 16.7. The Labute approximate surface area is 287 Å². The van der Waals surface area contributed by atoms with Gasteiger partial charge >= 0.3 is 12.2 Å². The van der Waals surface area contributed by atoms with Crippen molar-refractivity contribution in [2.24, 2.45) is 5.92 Å². The highest BCUT2D eigenvalue weighted by atomic mass is 35.5. The van der Waals surface area contributed by atoms with Crippen LogP contribution in [0, 0.1) is 5.92 Å². The molecule has 4 aliphatic rings. The number of likely N-dealkylation sites (tertiary alicyclic amines) is 2. The van der Waals surface area contributed by atoms with Crippen molar-refractivity contribution in [3.8, 4) is 0 Å². The van der Waals surface area contributed by atoms with Crippen molar-refractivity contribution in [3.05, 3.63) is 44.6 Å². The molecular weight excluding hydrogens is 667 g/mol. The number of nitrogens with zero attached hydrogens (tertiary/aromatic N) is 5. The van der Waals surface area contributed by atoms with Gasteiger partial charge in [-0.3, -0.25) is 14.5 Å². The maximum Gasteiger partial charge on any atom is 0.418 e. The van der Waals surface area contributed by atoms with Crippen LogP contribution >= 0.6 is 22.9 Å². The molecule has 10 nitrogen and oxygen atoms in total. The van der Waals surface area contributed by atoms with E-state index in [1.54, 1.807) is 21.1 Å². The summed E-state index contributed by atoms with van der Waals surface area (Å²) in [6.45, 7) is 5.89. The maximum atomic E-state index is 14.1. The summed E-state index contributed by atoms with van der Waals surface area (Å²) in [4.78, 5) is 51.7. The second-order valence-corrected chi connectivity index (χ2v) is 14.9. The number of piperazine rings is 1. The number of benzene rings is 1. The maximum absolute atomic E-state index is 14.1. The second kappa shape index (κ2) is 14.4. The molecule has 0 spiro atoms. The van der Waals surface area contributed by atoms with Crippen LogP contribution in [0.4, 0.5) is 29.3 Å². The van der Waals surface area contributed by atoms with Gasteiger partial charge in [-0.05, 0) is 81.4 Å². The number of nitrogens with two attached hydrogens (primary N) is 1. The molecule has 3 N–H and O–H groups in total. The molecule has 262 valence electrons. The average Bonchev–Trinajstić information content (AvgIpc) is 3.52. The van der Waals surface area contributed by atoms with Gasteiger partial charge in [-0.15, -0.1) is 11.3 Å². The fraction of sp³-hybridized carbons (Fsp3) is 0.606. The van der Waals surface area contributed by atoms with E-state index in [9.17, 15) is 27.6 Å². The van der Waals surface area contributed by atoms with Crippen LogP contribution in [0.5, 0.6) is 0 Å². The van der Waals surface area contributed by atoms with Gasteiger partial charge in [0.25, 0.3) is 0 Å². The number of alkyl halides is 3. The largest absolute Gasteiger partial charge is 0.418 e. The number of amides is 4. The summed E-state index contributed by atoms with van der Waals surface area (Å²) in [7, 11) is 2.12. The first kappa shape index (κ1) is 34.8. The molecule has 6 rings (SSSR count). The van der Waals surface area contributed by atoms with Gasteiger partial charge in [0.15, 0.2) is 0 Å². The lowest BCUT2D eigenvalue weighted by molar-refractivity contribution is -0.143. The summed E-state index contributed by atoms with van der Waals surface area (Å²) in [5.41, 5.74) is 5.12. The quantitative estimate of drug-likeness (QED) is 0.400. The molecule has 48 heavy (non-hydrogen) atoms. The number of nitrogens with one attached hydrogen (secondary N) is 1. The minimum absolute atomic E-state index is 0.0275. The third kappa shape index (κ3) is 7.71. The number of hydrogen-bond acceptors (Lipinski definition) is 7. The molecule has 4 aliphatic heterocycles. The van der Waals surface area contributed by atoms with Gasteiger partial charge in [-0.2, -0.15) is 13.2 Å². The molecule has 0 saturated carbocycles. The van der Waals surface area contributed by atoms with Gasteiger partial charge in [0.2, 0.25) is 11.8 Å². The topological polar surface area (TPSA) is 105 Å². The number of thiophene rings is 1. The van der Waals surface area contributed by atoms with E-state index in [1.165, 1.54) is 6.07 Å². The monoisotopic (exact) mass is 709 g/mol. The lowest BCUT2D eigenvalue weighted by Gasteiger charge is -2.43. The third-order valence-electron chi connectivity index (χ3n) is 10.4. The molecule has 0 bridgehead atoms. The van der Waals surface area contributed by atoms with Gasteiger partial charge in [-0.25, -0.2) is 4.79 Å². The summed E-state index contributed by atoms with van der Waals surface area (Å²) in [5.74, 6) is -1.33. The Kier molecular flexibility index (Phi) is 10.4. The molecule has 0 aliphatic carbocycles. The molecule has 1 aromatic heterocycles. The number of carbonyl (C=O) groups excluding carboxylic acids is 3. The van der Waals surface area contributed by atoms with Crippen LogP contribution in [0.3, 0.4) is 0 Å². The van der Waals surface area contributed by atoms with Crippen LogP contribution < -0.4 is 11.1 Å². The zero-order valence-corrected chi connectivity index (χ0v) is 28.7. The SMILES string of the molecule is CN1CCC(N2CCN(C(=O)[C@H](CC(=O)N3CCC(N4Cc5sccc5NC4=O)CC3)Cc3cc(Cl)c(N)c(C(F)(F)F)c3)CC2)CC1. The van der Waals surface area contributed by atoms with E-state index < -0.39 is 23.3 Å². The molecule has 3 saturated heterocycles. The van der Waals surface area contributed by atoms with Crippen molar-refractivity contribution in [1.29, 1.82) is 0 Å². The molecule has 5 heterocycles. The number of nitrogen functional groups attached to an aromatic ring is 1. The molecule has 3 fully saturated rings. The summed E-state index contributed by atoms with van der Waals surface area (Å²) < 4.78 is 41.4. The fourth-order valence-corrected chi connectivity index (χ4v) is 8.60. The smallest absolute Gasteiger partial charge is 0.397 e. The van der Waals surface area contributed by atoms with Gasteiger partial charge in [-0.1, -0.05) is 11.6 Å². The van der Waals surface area contributed by atoms with Crippen LogP contribution in [0.15, 0.2) is 23.6 Å². The van der Waals surface area contributed by atoms with Gasteiger partial charge in [0, 0.05) is 62.7 Å². The highest BCUT2D eigenvalue weighted by Crippen LogP contribution is 2.39. The lowest BCUT2D eigenvalue weighted by Crippen LogP contribution is -2.55. The van der Waals surface area contributed by atoms with Gasteiger partial charge in [0.05, 0.1) is 34.4 Å². The number of halogens is 4. The minimum Gasteiger partial charge on any atom is -0.397 e. The number of urea groups is 1. The Morgan fingerprint density at radius 3 is 2.33 bits per heavy atom. The summed E-state index contributed by atoms with van der Waals surface area (Å²) in [5, 5.41) is 4.66. The van der Waals surface area contributed by atoms with Gasteiger partial charge in [0.1, 0.15) is 0 Å². The zero-order valence-electron chi connectivity index (χ0n) is 27.1. The molecule has 4 amide bonds. The highest BCUT2D eigenvalue weighted by Gasteiger charge is 2.38. The van der Waals surface area contributed by atoms with E-state index in [1.807, 2.05) is 16.3 Å². The Hall–Kier alpha value is -3.07. The van der Waals surface area contributed by atoms with E-state index in [0.717, 1.165) is 55.7 Å². The molecular formula is C33H43ClF3N7O3S. The molecule has 0 unspecified atom stereocenters. The standard InChI is InChI=1S/C33H43ClF3N7O3S/c1-40-7-2-23(3-8-40)41-11-13-43(14-12-41)31(46)22(16-21-17-25(33(35,36)37)30(38)26(34)18-21)19-29(45)42-9-4-24(5-10-42)44-20-28-27(6-15-48-28)39-32(44)47/h6,15,17-18,22-24H,2-5,7-14,16,19-20,38H2,1H3,(H,39,47)/t22-/m0/s1. The van der Waals surface area contributed by atoms with Crippen molar-refractivity contribution in [2.45, 2.75) is 63.3 Å². The van der Waals surface area contributed by atoms with Crippen LogP contribution in [0.25, 0.3) is 0 Å². The minimum atomic E-state index is -4.72. The zero-order chi connectivity index (χ0) is 34.2. The Balaban J connectivity index is 1.13. The van der Waals surface area contributed by atoms with Crippen molar-refractivity contribution in [1.82, 2.24) is 24.5 Å². The first-order valence-corrected chi connectivity index (χ1v) is 17.9. The molecule has 15 heteroatoms. The van der Waals surface area contributed by atoms with Crippen molar-refractivity contribution in [3.63, 3.8) is 0 Å². The first-order chi connectivity index (χ1) is 22.9. The van der Waals surface area contributed by atoms with E-state index in [2.05, 4.69) is 22.2 Å². The molecule has 0 radical (unpaired) electrons. The lowest BCUT2D eigenvalue weighted by atomic mass is 9.91. The van der Waals surface area contributed by atoms with Crippen LogP contribution in [0.1, 0.15) is 48.1 Å². The Morgan fingerprint density at radius 1 is 1.00 bits per heavy atom. The molecule has 1 atom stereocenters. The van der Waals surface area contributed by atoms with E-state index in [4.69, 9.17) is 17.3 Å². The number of anilines is 2. The van der Waals surface area contributed by atoms with Crippen molar-refractivity contribution < 1.29 is 27.6 Å². The second-order valence-electron chi connectivity index (χ2n) is 13.5. The number of carbonyl (C=O) groups is 3. The predicted molar refractivity (Wildman–Crippen MR) is 180 cm³/mol. The highest BCUT2D eigenvalue weighted by molar-refractivity contribution is 7.10. The van der Waals surface area contributed by atoms with Crippen LogP contribution in [0.2, 0.25) is 5.02 Å². The van der Waals surface area contributed by atoms with Gasteiger partial charge < -0.3 is 30.7 Å². The normalized spacial score (nSPS) is 21.3. The number of fused-ring (bicyclic) bond motifs is 1. The fourth-order valence-electron chi connectivity index (χ4n) is 7.53. The number of hydrogen-bond donors (Lipinski definition) is 2. The molecule has 2 aromatic rings. The number of rotatable bonds is 7. The predicted octanol–water partition coefficient (Wildman–Crippen LogP) is 4.83. The van der Waals surface area contributed by atoms with E-state index >= 15 is 0 Å².